The lowest BCUT2D eigenvalue weighted by Gasteiger charge is -2.44. The minimum Gasteiger partial charge on any atom is -0.473 e. The Balaban J connectivity index is 0.000000663. The number of amides is 1. The Morgan fingerprint density at radius 3 is 2.27 bits per heavy atom. The summed E-state index contributed by atoms with van der Waals surface area (Å²) in [6.45, 7) is 3.45. The summed E-state index contributed by atoms with van der Waals surface area (Å²) in [5, 5.41) is 19.0. The molecular formula is C27H28ClN3O9. The molecular weight excluding hydrogens is 546 g/mol. The molecule has 3 aromatic rings. The number of aromatic nitrogens is 1. The molecule has 212 valence electrons. The van der Waals surface area contributed by atoms with Crippen LogP contribution in [0.3, 0.4) is 0 Å². The van der Waals surface area contributed by atoms with E-state index in [1.165, 1.54) is 6.07 Å². The zero-order chi connectivity index (χ0) is 29.3. The summed E-state index contributed by atoms with van der Waals surface area (Å²) in [7, 11) is 0. The quantitative estimate of drug-likeness (QED) is 0.241. The number of carboxylic acids is 2. The molecule has 4 N–H and O–H groups in total. The zero-order valence-electron chi connectivity index (χ0n) is 21.5. The third-order valence-electron chi connectivity index (χ3n) is 6.06. The lowest BCUT2D eigenvalue weighted by Crippen LogP contribution is -2.69. The van der Waals surface area contributed by atoms with Gasteiger partial charge in [-0.15, -0.1) is 0 Å². The number of esters is 1. The van der Waals surface area contributed by atoms with E-state index in [9.17, 15) is 14.4 Å². The molecule has 2 heterocycles. The number of aromatic amines is 1. The molecule has 1 unspecified atom stereocenters. The zero-order valence-corrected chi connectivity index (χ0v) is 22.3. The summed E-state index contributed by atoms with van der Waals surface area (Å²) >= 11 is 5.98. The highest BCUT2D eigenvalue weighted by Crippen LogP contribution is 2.26. The van der Waals surface area contributed by atoms with Gasteiger partial charge < -0.3 is 30.0 Å². The molecule has 12 nitrogen and oxygen atoms in total. The van der Waals surface area contributed by atoms with Gasteiger partial charge in [-0.3, -0.25) is 14.5 Å². The van der Waals surface area contributed by atoms with Crippen molar-refractivity contribution in [1.29, 1.82) is 0 Å². The molecule has 1 fully saturated rings. The number of hydrogen-bond donors (Lipinski definition) is 4. The first-order valence-electron chi connectivity index (χ1n) is 12.2. The number of fused-ring (bicyclic) bond motifs is 1. The van der Waals surface area contributed by atoms with Crippen molar-refractivity contribution in [3.63, 3.8) is 0 Å². The Kier molecular flexibility index (Phi) is 10.4. The van der Waals surface area contributed by atoms with Gasteiger partial charge in [-0.25, -0.2) is 14.4 Å². The average molecular weight is 574 g/mol. The number of ether oxygens (including phenoxy) is 2. The molecule has 0 aliphatic carbocycles. The number of halogens is 1. The Hall–Kier alpha value is -4.26. The summed E-state index contributed by atoms with van der Waals surface area (Å²) in [6, 6.07) is 15.2. The number of carbonyl (C=O) groups excluding carboxylic acids is 2. The van der Waals surface area contributed by atoms with E-state index < -0.39 is 29.5 Å². The highest BCUT2D eigenvalue weighted by Gasteiger charge is 2.48. The topological polar surface area (TPSA) is 175 Å². The van der Waals surface area contributed by atoms with E-state index in [1.54, 1.807) is 37.3 Å². The van der Waals surface area contributed by atoms with Crippen LogP contribution in [-0.2, 0) is 30.3 Å². The minimum atomic E-state index is -1.82. The summed E-state index contributed by atoms with van der Waals surface area (Å²) in [4.78, 5) is 62.2. The molecule has 1 amide bonds. The van der Waals surface area contributed by atoms with Gasteiger partial charge in [0.1, 0.15) is 0 Å². The Bertz CT molecular complexity index is 1420. The van der Waals surface area contributed by atoms with Gasteiger partial charge >= 0.3 is 17.9 Å². The number of morpholine rings is 1. The van der Waals surface area contributed by atoms with Crippen LogP contribution in [0, 0.1) is 0 Å². The SMILES string of the molecule is CCOC(=O)C(Cc1cc(=O)[nH]c2ccccc12)(NC(=O)c1ccc(Cl)cc1)N1CCOCC1.O=C(O)C(=O)O. The lowest BCUT2D eigenvalue weighted by atomic mass is 9.93. The third kappa shape index (κ3) is 7.44. The molecule has 2 aromatic carbocycles. The van der Waals surface area contributed by atoms with E-state index in [-0.39, 0.29) is 18.6 Å². The molecule has 4 rings (SSSR count). The predicted octanol–water partition coefficient (Wildman–Crippen LogP) is 1.90. The normalized spacial score (nSPS) is 14.8. The van der Waals surface area contributed by atoms with Crippen molar-refractivity contribution in [2.45, 2.75) is 19.0 Å². The predicted molar refractivity (Wildman–Crippen MR) is 144 cm³/mol. The van der Waals surface area contributed by atoms with Crippen molar-refractivity contribution < 1.29 is 38.9 Å². The lowest BCUT2D eigenvalue weighted by molar-refractivity contribution is -0.163. The van der Waals surface area contributed by atoms with Gasteiger partial charge in [0.05, 0.1) is 19.8 Å². The summed E-state index contributed by atoms with van der Waals surface area (Å²) in [5.41, 5.74) is -0.226. The van der Waals surface area contributed by atoms with E-state index in [0.29, 0.717) is 48.0 Å². The van der Waals surface area contributed by atoms with Crippen LogP contribution in [0.25, 0.3) is 10.9 Å². The fourth-order valence-electron chi connectivity index (χ4n) is 4.24. The van der Waals surface area contributed by atoms with Crippen molar-refractivity contribution in [3.05, 3.63) is 81.1 Å². The molecule has 1 atom stereocenters. The number of H-pyrrole nitrogens is 1. The number of nitrogens with zero attached hydrogens (tertiary/aromatic N) is 1. The molecule has 0 radical (unpaired) electrons. The molecule has 1 aliphatic rings. The van der Waals surface area contributed by atoms with Crippen molar-refractivity contribution in [2.75, 3.05) is 32.9 Å². The van der Waals surface area contributed by atoms with Crippen LogP contribution >= 0.6 is 11.6 Å². The van der Waals surface area contributed by atoms with Crippen molar-refractivity contribution in [3.8, 4) is 0 Å². The van der Waals surface area contributed by atoms with Gasteiger partial charge in [-0.1, -0.05) is 29.8 Å². The first-order chi connectivity index (χ1) is 19.1. The monoisotopic (exact) mass is 573 g/mol. The molecule has 0 spiro atoms. The van der Waals surface area contributed by atoms with Crippen molar-refractivity contribution in [1.82, 2.24) is 15.2 Å². The van der Waals surface area contributed by atoms with Crippen LogP contribution in [-0.4, -0.2) is 82.5 Å². The smallest absolute Gasteiger partial charge is 0.414 e. The van der Waals surface area contributed by atoms with Crippen LogP contribution in [0.2, 0.25) is 5.02 Å². The largest absolute Gasteiger partial charge is 0.473 e. The number of para-hydroxylation sites is 1. The second kappa shape index (κ2) is 13.7. The van der Waals surface area contributed by atoms with Crippen molar-refractivity contribution >= 4 is 46.3 Å². The maximum absolute atomic E-state index is 13.6. The average Bonchev–Trinajstić information content (AvgIpc) is 2.93. The maximum atomic E-state index is 13.6. The Labute approximate surface area is 233 Å². The second-order valence-electron chi connectivity index (χ2n) is 8.63. The van der Waals surface area contributed by atoms with Gasteiger partial charge in [0.15, 0.2) is 5.66 Å². The molecule has 13 heteroatoms. The van der Waals surface area contributed by atoms with Crippen molar-refractivity contribution in [2.24, 2.45) is 0 Å². The highest BCUT2D eigenvalue weighted by molar-refractivity contribution is 6.30. The summed E-state index contributed by atoms with van der Waals surface area (Å²) in [6.07, 6.45) is 0.0373. The van der Waals surface area contributed by atoms with E-state index in [1.807, 2.05) is 23.1 Å². The second-order valence-corrected chi connectivity index (χ2v) is 9.07. The molecule has 40 heavy (non-hydrogen) atoms. The fraction of sp³-hybridized carbons (Fsp3) is 0.296. The van der Waals surface area contributed by atoms with Gasteiger partial charge in [0, 0.05) is 47.1 Å². The molecule has 1 saturated heterocycles. The Morgan fingerprint density at radius 1 is 1.05 bits per heavy atom. The van der Waals surface area contributed by atoms with E-state index >= 15 is 0 Å². The van der Waals surface area contributed by atoms with Gasteiger partial charge in [-0.05, 0) is 42.8 Å². The summed E-state index contributed by atoms with van der Waals surface area (Å²) < 4.78 is 11.0. The van der Waals surface area contributed by atoms with Crippen LogP contribution in [0.1, 0.15) is 22.8 Å². The fourth-order valence-corrected chi connectivity index (χ4v) is 4.37. The number of rotatable bonds is 7. The number of nitrogens with one attached hydrogen (secondary N) is 2. The highest BCUT2D eigenvalue weighted by atomic mass is 35.5. The van der Waals surface area contributed by atoms with Gasteiger partial charge in [-0.2, -0.15) is 0 Å². The number of aliphatic carboxylic acids is 2. The first kappa shape index (κ1) is 30.3. The third-order valence-corrected chi connectivity index (χ3v) is 6.31. The van der Waals surface area contributed by atoms with Gasteiger partial charge in [0.25, 0.3) is 5.91 Å². The Morgan fingerprint density at radius 2 is 1.68 bits per heavy atom. The van der Waals surface area contributed by atoms with Crippen LogP contribution in [0.15, 0.2) is 59.4 Å². The molecule has 0 saturated carbocycles. The summed E-state index contributed by atoms with van der Waals surface area (Å²) in [5.74, 6) is -4.70. The first-order valence-corrected chi connectivity index (χ1v) is 12.6. The maximum Gasteiger partial charge on any atom is 0.414 e. The minimum absolute atomic E-state index is 0.0373. The molecule has 1 aliphatic heterocycles. The van der Waals surface area contributed by atoms with Crippen LogP contribution in [0.5, 0.6) is 0 Å². The number of benzene rings is 2. The molecule has 0 bridgehead atoms. The number of carbonyl (C=O) groups is 4. The van der Waals surface area contributed by atoms with E-state index in [4.69, 9.17) is 40.9 Å². The van der Waals surface area contributed by atoms with E-state index in [2.05, 4.69) is 10.3 Å². The number of pyridine rings is 1. The van der Waals surface area contributed by atoms with Crippen LogP contribution in [0.4, 0.5) is 0 Å². The van der Waals surface area contributed by atoms with E-state index in [0.717, 1.165) is 5.39 Å². The number of hydrogen-bond acceptors (Lipinski definition) is 8. The standard InChI is InChI=1S/C25H26ClN3O5.C2H2O4/c1-2-34-24(32)25(29-11-13-33-14-12-29,28-23(31)17-7-9-19(26)10-8-17)16-18-15-22(30)27-21-6-4-3-5-20(18)21;3-1(4)2(5)6/h3-10,15H,2,11-14,16H2,1H3,(H,27,30)(H,28,31);(H,3,4)(H,5,6). The number of carboxylic acid groups (broad SMARTS) is 2. The molecule has 1 aromatic heterocycles. The van der Waals surface area contributed by atoms with Gasteiger partial charge in [0.2, 0.25) is 5.56 Å². The van der Waals surface area contributed by atoms with Crippen LogP contribution < -0.4 is 10.9 Å².